The lowest BCUT2D eigenvalue weighted by Gasteiger charge is -2.08. The second-order valence-corrected chi connectivity index (χ2v) is 5.83. The number of carbonyl (C=O) groups is 1. The van der Waals surface area contributed by atoms with E-state index in [1.165, 1.54) is 0 Å². The van der Waals surface area contributed by atoms with E-state index in [4.69, 9.17) is 9.47 Å². The molecule has 3 aromatic rings. The largest absolute Gasteiger partial charge is 0.491 e. The molecular weight excluding hydrogens is 342 g/mol. The van der Waals surface area contributed by atoms with Gasteiger partial charge in [-0.1, -0.05) is 0 Å². The van der Waals surface area contributed by atoms with Gasteiger partial charge in [0.2, 0.25) is 0 Å². The van der Waals surface area contributed by atoms with E-state index < -0.39 is 0 Å². The minimum atomic E-state index is -0.138. The second-order valence-electron chi connectivity index (χ2n) is 5.83. The van der Waals surface area contributed by atoms with Crippen molar-refractivity contribution in [2.24, 2.45) is 0 Å². The Balaban J connectivity index is 1.57. The summed E-state index contributed by atoms with van der Waals surface area (Å²) in [7, 11) is 1.62. The molecule has 0 aliphatic carbocycles. The lowest BCUT2D eigenvalue weighted by molar-refractivity contribution is 0.0951. The molecule has 6 heteroatoms. The Labute approximate surface area is 158 Å². The molecule has 0 spiro atoms. The van der Waals surface area contributed by atoms with Crippen LogP contribution >= 0.6 is 0 Å². The number of pyridine rings is 2. The number of ether oxygens (including phenoxy) is 2. The maximum Gasteiger partial charge on any atom is 0.251 e. The van der Waals surface area contributed by atoms with Gasteiger partial charge in [-0.15, -0.1) is 0 Å². The summed E-state index contributed by atoms with van der Waals surface area (Å²) in [6.07, 6.45) is 5.20. The van der Waals surface area contributed by atoms with Gasteiger partial charge in [0.25, 0.3) is 5.91 Å². The van der Waals surface area contributed by atoms with E-state index in [1.807, 2.05) is 24.3 Å². The van der Waals surface area contributed by atoms with Crippen LogP contribution in [0.5, 0.6) is 5.75 Å². The molecule has 0 radical (unpaired) electrons. The highest BCUT2D eigenvalue weighted by Crippen LogP contribution is 2.17. The first kappa shape index (κ1) is 18.5. The SMILES string of the molecule is COCCOc1ccc(C(=O)NCc2ccnc(-c3ccncc3)c2)cc1. The van der Waals surface area contributed by atoms with Crippen molar-refractivity contribution in [3.05, 3.63) is 78.2 Å². The second kappa shape index (κ2) is 9.45. The van der Waals surface area contributed by atoms with Crippen molar-refractivity contribution >= 4 is 5.91 Å². The van der Waals surface area contributed by atoms with Crippen LogP contribution in [0.15, 0.2) is 67.1 Å². The number of hydrogen-bond acceptors (Lipinski definition) is 5. The fraction of sp³-hybridized carbons (Fsp3) is 0.190. The Kier molecular flexibility index (Phi) is 6.49. The highest BCUT2D eigenvalue weighted by atomic mass is 16.5. The summed E-state index contributed by atoms with van der Waals surface area (Å²) in [5.41, 5.74) is 3.39. The van der Waals surface area contributed by atoms with E-state index >= 15 is 0 Å². The van der Waals surface area contributed by atoms with Crippen LogP contribution in [0.25, 0.3) is 11.3 Å². The zero-order valence-corrected chi connectivity index (χ0v) is 15.1. The van der Waals surface area contributed by atoms with Crippen LogP contribution < -0.4 is 10.1 Å². The Hall–Kier alpha value is -3.25. The van der Waals surface area contributed by atoms with Gasteiger partial charge in [-0.2, -0.15) is 0 Å². The molecule has 6 nitrogen and oxygen atoms in total. The topological polar surface area (TPSA) is 73.3 Å². The Morgan fingerprint density at radius 3 is 2.52 bits per heavy atom. The van der Waals surface area contributed by atoms with Crippen LogP contribution in [-0.4, -0.2) is 36.2 Å². The number of rotatable bonds is 8. The molecule has 3 rings (SSSR count). The zero-order chi connectivity index (χ0) is 18.9. The number of nitrogens with zero attached hydrogens (tertiary/aromatic N) is 2. The van der Waals surface area contributed by atoms with Gasteiger partial charge in [0.05, 0.1) is 12.3 Å². The number of carbonyl (C=O) groups excluding carboxylic acids is 1. The number of amides is 1. The molecule has 0 unspecified atom stereocenters. The smallest absolute Gasteiger partial charge is 0.251 e. The van der Waals surface area contributed by atoms with Gasteiger partial charge >= 0.3 is 0 Å². The van der Waals surface area contributed by atoms with Crippen molar-refractivity contribution in [3.8, 4) is 17.0 Å². The van der Waals surface area contributed by atoms with Gasteiger partial charge in [0.15, 0.2) is 0 Å². The summed E-state index contributed by atoms with van der Waals surface area (Å²) in [5, 5.41) is 2.93. The van der Waals surface area contributed by atoms with Gasteiger partial charge in [-0.3, -0.25) is 14.8 Å². The molecule has 0 aliphatic rings. The number of aromatic nitrogens is 2. The van der Waals surface area contributed by atoms with E-state index in [9.17, 15) is 4.79 Å². The molecule has 0 aliphatic heterocycles. The first-order valence-corrected chi connectivity index (χ1v) is 8.61. The molecule has 0 bridgehead atoms. The molecule has 0 fully saturated rings. The molecule has 0 atom stereocenters. The normalized spacial score (nSPS) is 10.4. The molecule has 138 valence electrons. The van der Waals surface area contributed by atoms with Crippen LogP contribution in [0, 0.1) is 0 Å². The average molecular weight is 363 g/mol. The van der Waals surface area contributed by atoms with E-state index in [0.29, 0.717) is 31.1 Å². The van der Waals surface area contributed by atoms with Gasteiger partial charge in [0, 0.05) is 43.4 Å². The Morgan fingerprint density at radius 1 is 1.00 bits per heavy atom. The summed E-state index contributed by atoms with van der Waals surface area (Å²) in [6, 6.07) is 14.7. The third-order valence-electron chi connectivity index (χ3n) is 3.93. The molecule has 1 N–H and O–H groups in total. The summed E-state index contributed by atoms with van der Waals surface area (Å²) in [6.45, 7) is 1.42. The molecule has 1 amide bonds. The van der Waals surface area contributed by atoms with Crippen molar-refractivity contribution in [2.75, 3.05) is 20.3 Å². The summed E-state index contributed by atoms with van der Waals surface area (Å²) >= 11 is 0. The third-order valence-corrected chi connectivity index (χ3v) is 3.93. The predicted molar refractivity (Wildman–Crippen MR) is 102 cm³/mol. The van der Waals surface area contributed by atoms with E-state index in [1.54, 1.807) is 50.0 Å². The van der Waals surface area contributed by atoms with E-state index in [0.717, 1.165) is 16.8 Å². The van der Waals surface area contributed by atoms with Crippen LogP contribution in [0.2, 0.25) is 0 Å². The van der Waals surface area contributed by atoms with Crippen molar-refractivity contribution < 1.29 is 14.3 Å². The van der Waals surface area contributed by atoms with Gasteiger partial charge in [-0.05, 0) is 54.1 Å². The van der Waals surface area contributed by atoms with Gasteiger partial charge in [-0.25, -0.2) is 0 Å². The van der Waals surface area contributed by atoms with Gasteiger partial charge < -0.3 is 14.8 Å². The molecule has 27 heavy (non-hydrogen) atoms. The first-order valence-electron chi connectivity index (χ1n) is 8.61. The summed E-state index contributed by atoms with van der Waals surface area (Å²) < 4.78 is 10.4. The monoisotopic (exact) mass is 363 g/mol. The minimum absolute atomic E-state index is 0.138. The third kappa shape index (κ3) is 5.36. The molecule has 0 saturated carbocycles. The molecule has 2 heterocycles. The van der Waals surface area contributed by atoms with E-state index in [2.05, 4.69) is 15.3 Å². The number of methoxy groups -OCH3 is 1. The lowest BCUT2D eigenvalue weighted by atomic mass is 10.1. The molecule has 2 aromatic heterocycles. The minimum Gasteiger partial charge on any atom is -0.491 e. The lowest BCUT2D eigenvalue weighted by Crippen LogP contribution is -2.22. The van der Waals surface area contributed by atoms with Gasteiger partial charge in [0.1, 0.15) is 12.4 Å². The standard InChI is InChI=1S/C21H21N3O3/c1-26-12-13-27-19-4-2-18(3-5-19)21(25)24-15-16-6-11-23-20(14-16)17-7-9-22-10-8-17/h2-11,14H,12-13,15H2,1H3,(H,24,25). The summed E-state index contributed by atoms with van der Waals surface area (Å²) in [4.78, 5) is 20.7. The van der Waals surface area contributed by atoms with Crippen molar-refractivity contribution in [3.63, 3.8) is 0 Å². The van der Waals surface area contributed by atoms with Crippen LogP contribution in [0.1, 0.15) is 15.9 Å². The quantitative estimate of drug-likeness (QED) is 0.623. The van der Waals surface area contributed by atoms with Crippen LogP contribution in [0.3, 0.4) is 0 Å². The zero-order valence-electron chi connectivity index (χ0n) is 15.1. The number of benzene rings is 1. The van der Waals surface area contributed by atoms with Crippen molar-refractivity contribution in [1.82, 2.24) is 15.3 Å². The van der Waals surface area contributed by atoms with Crippen molar-refractivity contribution in [2.45, 2.75) is 6.54 Å². The average Bonchev–Trinajstić information content (AvgIpc) is 2.73. The maximum atomic E-state index is 12.3. The highest BCUT2D eigenvalue weighted by Gasteiger charge is 2.07. The number of hydrogen-bond donors (Lipinski definition) is 1. The molecule has 1 aromatic carbocycles. The summed E-state index contributed by atoms with van der Waals surface area (Å²) in [5.74, 6) is 0.570. The van der Waals surface area contributed by atoms with Crippen molar-refractivity contribution in [1.29, 1.82) is 0 Å². The Bertz CT molecular complexity index is 867. The Morgan fingerprint density at radius 2 is 1.78 bits per heavy atom. The fourth-order valence-corrected chi connectivity index (χ4v) is 2.49. The molecular formula is C21H21N3O3. The van der Waals surface area contributed by atoms with E-state index in [-0.39, 0.29) is 5.91 Å². The fourth-order valence-electron chi connectivity index (χ4n) is 2.49. The number of nitrogens with one attached hydrogen (secondary N) is 1. The molecule has 0 saturated heterocycles. The highest BCUT2D eigenvalue weighted by molar-refractivity contribution is 5.94. The first-order chi connectivity index (χ1) is 13.3. The maximum absolute atomic E-state index is 12.3. The van der Waals surface area contributed by atoms with Crippen LogP contribution in [-0.2, 0) is 11.3 Å². The van der Waals surface area contributed by atoms with Crippen LogP contribution in [0.4, 0.5) is 0 Å². The predicted octanol–water partition coefficient (Wildman–Crippen LogP) is 3.10.